The van der Waals surface area contributed by atoms with E-state index in [-0.39, 0.29) is 18.4 Å². The van der Waals surface area contributed by atoms with Crippen LogP contribution < -0.4 is 10.1 Å². The molecule has 0 aliphatic heterocycles. The van der Waals surface area contributed by atoms with Gasteiger partial charge in [0, 0.05) is 17.6 Å². The van der Waals surface area contributed by atoms with Crippen LogP contribution in [0.25, 0.3) is 0 Å². The van der Waals surface area contributed by atoms with E-state index in [1.165, 1.54) is 0 Å². The number of ether oxygens (including phenoxy) is 1. The molecule has 0 unspecified atom stereocenters. The van der Waals surface area contributed by atoms with Gasteiger partial charge in [-0.25, -0.2) is 0 Å². The van der Waals surface area contributed by atoms with Crippen molar-refractivity contribution in [3.05, 3.63) is 64.1 Å². The Morgan fingerprint density at radius 2 is 1.66 bits per heavy atom. The molecule has 1 atom stereocenters. The number of halogens is 1. The van der Waals surface area contributed by atoms with Gasteiger partial charge < -0.3 is 15.0 Å². The Morgan fingerprint density at radius 3 is 2.24 bits per heavy atom. The van der Waals surface area contributed by atoms with E-state index >= 15 is 0 Å². The molecule has 0 aromatic heterocycles. The monoisotopic (exact) mass is 460 g/mol. The van der Waals surface area contributed by atoms with Crippen molar-refractivity contribution in [2.75, 3.05) is 13.2 Å². The fourth-order valence-electron chi connectivity index (χ4n) is 2.68. The highest BCUT2D eigenvalue weighted by atomic mass is 79.9. The molecule has 0 spiro atoms. The van der Waals surface area contributed by atoms with E-state index in [4.69, 9.17) is 4.74 Å². The highest BCUT2D eigenvalue weighted by Gasteiger charge is 2.26. The number of carbonyl (C=O) groups excluding carboxylic acids is 2. The molecule has 0 radical (unpaired) electrons. The van der Waals surface area contributed by atoms with Crippen LogP contribution in [-0.2, 0) is 16.1 Å². The van der Waals surface area contributed by atoms with Gasteiger partial charge in [0.15, 0.2) is 6.61 Å². The Morgan fingerprint density at radius 1 is 1.03 bits per heavy atom. The molecule has 2 amide bonds. The molecule has 0 saturated heterocycles. The van der Waals surface area contributed by atoms with E-state index in [1.807, 2.05) is 57.2 Å². The smallest absolute Gasteiger partial charge is 0.261 e. The lowest BCUT2D eigenvalue weighted by Gasteiger charge is -2.29. The lowest BCUT2D eigenvalue weighted by Crippen LogP contribution is -2.49. The number of carbonyl (C=O) groups is 2. The first-order valence-corrected chi connectivity index (χ1v) is 10.6. The van der Waals surface area contributed by atoms with Gasteiger partial charge in [-0.2, -0.15) is 0 Å². The van der Waals surface area contributed by atoms with Crippen molar-refractivity contribution in [3.63, 3.8) is 0 Å². The molecule has 5 nitrogen and oxygen atoms in total. The Labute approximate surface area is 181 Å². The predicted octanol–water partition coefficient (Wildman–Crippen LogP) is 4.33. The zero-order valence-electron chi connectivity index (χ0n) is 17.4. The highest BCUT2D eigenvalue weighted by molar-refractivity contribution is 9.10. The molecule has 29 heavy (non-hydrogen) atoms. The lowest BCUT2D eigenvalue weighted by atomic mass is 10.1. The van der Waals surface area contributed by atoms with Crippen LogP contribution in [-0.4, -0.2) is 35.9 Å². The summed E-state index contributed by atoms with van der Waals surface area (Å²) in [6.45, 7) is 8.63. The molecule has 6 heteroatoms. The lowest BCUT2D eigenvalue weighted by molar-refractivity contribution is -0.142. The van der Waals surface area contributed by atoms with E-state index in [1.54, 1.807) is 24.0 Å². The maximum Gasteiger partial charge on any atom is 0.261 e. The van der Waals surface area contributed by atoms with E-state index < -0.39 is 6.04 Å². The Hall–Kier alpha value is -2.34. The molecule has 0 aliphatic rings. The predicted molar refractivity (Wildman–Crippen MR) is 119 cm³/mol. The second-order valence-corrected chi connectivity index (χ2v) is 8.48. The first-order valence-electron chi connectivity index (χ1n) is 9.77. The molecule has 0 aliphatic carbocycles. The summed E-state index contributed by atoms with van der Waals surface area (Å²) >= 11 is 3.38. The third kappa shape index (κ3) is 7.54. The number of amides is 2. The zero-order chi connectivity index (χ0) is 21.4. The minimum atomic E-state index is -0.601. The summed E-state index contributed by atoms with van der Waals surface area (Å²) in [5.74, 6) is 0.547. The first kappa shape index (κ1) is 22.9. The number of nitrogens with zero attached hydrogens (tertiary/aromatic N) is 1. The topological polar surface area (TPSA) is 58.6 Å². The van der Waals surface area contributed by atoms with Crippen molar-refractivity contribution in [1.82, 2.24) is 10.2 Å². The fourth-order valence-corrected chi connectivity index (χ4v) is 2.95. The minimum Gasteiger partial charge on any atom is -0.484 e. The van der Waals surface area contributed by atoms with Crippen LogP contribution in [0.1, 0.15) is 31.9 Å². The average Bonchev–Trinajstić information content (AvgIpc) is 2.70. The third-order valence-corrected chi connectivity index (χ3v) is 5.03. The zero-order valence-corrected chi connectivity index (χ0v) is 19.0. The average molecular weight is 461 g/mol. The number of nitrogens with one attached hydrogen (secondary N) is 1. The molecule has 0 bridgehead atoms. The number of rotatable bonds is 9. The van der Waals surface area contributed by atoms with Gasteiger partial charge in [-0.05, 0) is 49.6 Å². The Bertz CT molecular complexity index is 804. The highest BCUT2D eigenvalue weighted by Crippen LogP contribution is 2.17. The molecule has 2 aromatic carbocycles. The van der Waals surface area contributed by atoms with Gasteiger partial charge in [-0.15, -0.1) is 0 Å². The van der Waals surface area contributed by atoms with Crippen LogP contribution in [0.5, 0.6) is 5.75 Å². The van der Waals surface area contributed by atoms with Crippen molar-refractivity contribution in [2.45, 2.75) is 40.3 Å². The SMILES string of the molecule is Cc1ccc(CN(C(=O)COc2ccc(Br)cc2)[C@@H](C)C(=O)NCC(C)C)cc1. The van der Waals surface area contributed by atoms with Gasteiger partial charge in [0.05, 0.1) is 0 Å². The maximum absolute atomic E-state index is 13.0. The standard InChI is InChI=1S/C23H29BrN2O3/c1-16(2)13-25-23(28)18(4)26(14-19-7-5-17(3)6-8-19)22(27)15-29-21-11-9-20(24)10-12-21/h5-12,16,18H,13-15H2,1-4H3,(H,25,28)/t18-/m0/s1. The van der Waals surface area contributed by atoms with E-state index in [2.05, 4.69) is 21.2 Å². The molecule has 2 aromatic rings. The van der Waals surface area contributed by atoms with Gasteiger partial charge in [0.1, 0.15) is 11.8 Å². The van der Waals surface area contributed by atoms with Crippen molar-refractivity contribution in [2.24, 2.45) is 5.92 Å². The second kappa shape index (κ2) is 11.0. The van der Waals surface area contributed by atoms with Crippen LogP contribution >= 0.6 is 15.9 Å². The summed E-state index contributed by atoms with van der Waals surface area (Å²) in [4.78, 5) is 27.1. The summed E-state index contributed by atoms with van der Waals surface area (Å²) in [5, 5.41) is 2.91. The molecule has 0 saturated carbocycles. The molecule has 0 heterocycles. The summed E-state index contributed by atoms with van der Waals surface area (Å²) < 4.78 is 6.58. The van der Waals surface area contributed by atoms with Gasteiger partial charge in [0.2, 0.25) is 5.91 Å². The quantitative estimate of drug-likeness (QED) is 0.605. The van der Waals surface area contributed by atoms with Crippen LogP contribution in [0.15, 0.2) is 53.0 Å². The number of hydrogen-bond acceptors (Lipinski definition) is 3. The summed E-state index contributed by atoms with van der Waals surface area (Å²) in [5.41, 5.74) is 2.11. The molecule has 0 fully saturated rings. The summed E-state index contributed by atoms with van der Waals surface area (Å²) in [7, 11) is 0. The van der Waals surface area contributed by atoms with Crippen LogP contribution in [0, 0.1) is 12.8 Å². The molecule has 1 N–H and O–H groups in total. The van der Waals surface area contributed by atoms with Gasteiger partial charge in [-0.3, -0.25) is 9.59 Å². The Kier molecular flexibility index (Phi) is 8.70. The molecular formula is C23H29BrN2O3. The van der Waals surface area contributed by atoms with Crippen LogP contribution in [0.3, 0.4) is 0 Å². The number of benzene rings is 2. The summed E-state index contributed by atoms with van der Waals surface area (Å²) in [6, 6.07) is 14.6. The first-order chi connectivity index (χ1) is 13.8. The number of hydrogen-bond donors (Lipinski definition) is 1. The van der Waals surface area contributed by atoms with Crippen LogP contribution in [0.4, 0.5) is 0 Å². The largest absolute Gasteiger partial charge is 0.484 e. The molecule has 2 rings (SSSR count). The fraction of sp³-hybridized carbons (Fsp3) is 0.391. The van der Waals surface area contributed by atoms with Gasteiger partial charge in [0.25, 0.3) is 5.91 Å². The van der Waals surface area contributed by atoms with Gasteiger partial charge >= 0.3 is 0 Å². The molecular weight excluding hydrogens is 432 g/mol. The van der Waals surface area contributed by atoms with Crippen molar-refractivity contribution >= 4 is 27.7 Å². The third-order valence-electron chi connectivity index (χ3n) is 4.50. The van der Waals surface area contributed by atoms with Crippen LogP contribution in [0.2, 0.25) is 0 Å². The second-order valence-electron chi connectivity index (χ2n) is 7.56. The van der Waals surface area contributed by atoms with E-state index in [0.29, 0.717) is 24.8 Å². The van der Waals surface area contributed by atoms with Crippen molar-refractivity contribution < 1.29 is 14.3 Å². The van der Waals surface area contributed by atoms with Crippen molar-refractivity contribution in [3.8, 4) is 5.75 Å². The van der Waals surface area contributed by atoms with E-state index in [9.17, 15) is 9.59 Å². The maximum atomic E-state index is 13.0. The molecule has 156 valence electrons. The van der Waals surface area contributed by atoms with Crippen molar-refractivity contribution in [1.29, 1.82) is 0 Å². The Balaban J connectivity index is 2.10. The van der Waals surface area contributed by atoms with E-state index in [0.717, 1.165) is 15.6 Å². The number of aryl methyl sites for hydroxylation is 1. The summed E-state index contributed by atoms with van der Waals surface area (Å²) in [6.07, 6.45) is 0. The van der Waals surface area contributed by atoms with Gasteiger partial charge in [-0.1, -0.05) is 59.6 Å². The minimum absolute atomic E-state index is 0.130. The normalized spacial score (nSPS) is 11.8.